The fourth-order valence-electron chi connectivity index (χ4n) is 1.40. The van der Waals surface area contributed by atoms with Crippen molar-refractivity contribution in [3.63, 3.8) is 0 Å². The van der Waals surface area contributed by atoms with E-state index >= 15 is 0 Å². The van der Waals surface area contributed by atoms with Crippen LogP contribution in [0.25, 0.3) is 0 Å². The molecule has 0 aliphatic heterocycles. The van der Waals surface area contributed by atoms with E-state index in [0.29, 0.717) is 16.9 Å². The topological polar surface area (TPSA) is 43.4 Å². The highest BCUT2D eigenvalue weighted by Crippen LogP contribution is 2.25. The Balaban J connectivity index is 3.28. The van der Waals surface area contributed by atoms with Crippen LogP contribution in [0, 0.1) is 13.8 Å². The van der Waals surface area contributed by atoms with Crippen molar-refractivity contribution in [2.75, 3.05) is 0 Å². The van der Waals surface area contributed by atoms with Crippen LogP contribution in [-0.2, 0) is 4.79 Å². The molecule has 15 heavy (non-hydrogen) atoms. The first kappa shape index (κ1) is 11.7. The first-order valence-corrected chi connectivity index (χ1v) is 4.79. The number of benzene rings is 1. The molecule has 0 spiro atoms. The largest absolute Gasteiger partial charge is 0.426 e. The Bertz CT molecular complexity index is 424. The third-order valence-corrected chi connectivity index (χ3v) is 2.26. The maximum Gasteiger partial charge on any atom is 0.308 e. The molecule has 1 rings (SSSR count). The van der Waals surface area contributed by atoms with Crippen LogP contribution in [0.1, 0.15) is 28.4 Å². The zero-order valence-corrected chi connectivity index (χ0v) is 9.51. The van der Waals surface area contributed by atoms with Crippen molar-refractivity contribution in [1.82, 2.24) is 0 Å². The van der Waals surface area contributed by atoms with E-state index < -0.39 is 11.2 Å². The Hall–Kier alpha value is -1.35. The Morgan fingerprint density at radius 2 is 1.87 bits per heavy atom. The monoisotopic (exact) mass is 226 g/mol. The summed E-state index contributed by atoms with van der Waals surface area (Å²) in [4.78, 5) is 21.9. The predicted molar refractivity (Wildman–Crippen MR) is 57.4 cm³/mol. The van der Waals surface area contributed by atoms with E-state index in [1.54, 1.807) is 26.0 Å². The normalized spacial score (nSPS) is 9.87. The van der Waals surface area contributed by atoms with Crippen molar-refractivity contribution in [3.05, 3.63) is 28.8 Å². The van der Waals surface area contributed by atoms with E-state index in [9.17, 15) is 9.59 Å². The third kappa shape index (κ3) is 2.57. The summed E-state index contributed by atoms with van der Waals surface area (Å²) in [5.74, 6) is -0.0491. The van der Waals surface area contributed by atoms with Gasteiger partial charge in [0.25, 0.3) is 5.24 Å². The number of hydrogen-bond donors (Lipinski definition) is 0. The number of carbonyl (C=O) groups is 2. The van der Waals surface area contributed by atoms with Gasteiger partial charge in [0.05, 0.1) is 0 Å². The minimum Gasteiger partial charge on any atom is -0.426 e. The number of hydrogen-bond acceptors (Lipinski definition) is 3. The second-order valence-corrected chi connectivity index (χ2v) is 3.59. The van der Waals surface area contributed by atoms with Crippen LogP contribution in [0.5, 0.6) is 5.75 Å². The first-order valence-electron chi connectivity index (χ1n) is 4.42. The molecule has 1 aromatic rings. The molecule has 0 aliphatic rings. The van der Waals surface area contributed by atoms with Crippen LogP contribution < -0.4 is 4.74 Å². The van der Waals surface area contributed by atoms with Gasteiger partial charge in [0.2, 0.25) is 0 Å². The summed E-state index contributed by atoms with van der Waals surface area (Å²) in [6.45, 7) is 4.78. The van der Waals surface area contributed by atoms with Crippen molar-refractivity contribution < 1.29 is 14.3 Å². The maximum atomic E-state index is 11.1. The van der Waals surface area contributed by atoms with Gasteiger partial charge >= 0.3 is 5.97 Å². The lowest BCUT2D eigenvalue weighted by Crippen LogP contribution is -2.06. The molecule has 0 saturated heterocycles. The summed E-state index contributed by atoms with van der Waals surface area (Å²) in [6.07, 6.45) is 0. The Labute approximate surface area is 93.0 Å². The Kier molecular flexibility index (Phi) is 3.48. The highest BCUT2D eigenvalue weighted by molar-refractivity contribution is 6.68. The molecule has 80 valence electrons. The summed E-state index contributed by atoms with van der Waals surface area (Å²) in [5.41, 5.74) is 1.75. The molecule has 0 bridgehead atoms. The van der Waals surface area contributed by atoms with Gasteiger partial charge in [-0.3, -0.25) is 9.59 Å². The lowest BCUT2D eigenvalue weighted by Gasteiger charge is -2.10. The highest BCUT2D eigenvalue weighted by Gasteiger charge is 2.14. The van der Waals surface area contributed by atoms with Gasteiger partial charge in [-0.2, -0.15) is 0 Å². The quantitative estimate of drug-likeness (QED) is 0.442. The van der Waals surface area contributed by atoms with Crippen LogP contribution in [0.15, 0.2) is 12.1 Å². The summed E-state index contributed by atoms with van der Waals surface area (Å²) >= 11 is 5.44. The van der Waals surface area contributed by atoms with Crippen LogP contribution in [0.2, 0.25) is 0 Å². The number of carbonyl (C=O) groups excluding carboxylic acids is 2. The zero-order chi connectivity index (χ0) is 11.6. The molecule has 0 atom stereocenters. The Morgan fingerprint density at radius 3 is 2.33 bits per heavy atom. The molecule has 0 unspecified atom stereocenters. The molecule has 0 radical (unpaired) electrons. The lowest BCUT2D eigenvalue weighted by atomic mass is 10.0. The molecule has 0 aliphatic carbocycles. The summed E-state index contributed by atoms with van der Waals surface area (Å²) in [5, 5.41) is -0.543. The molecule has 0 aromatic heterocycles. The number of ether oxygens (including phenoxy) is 1. The van der Waals surface area contributed by atoms with Gasteiger partial charge in [0, 0.05) is 18.1 Å². The fourth-order valence-corrected chi connectivity index (χ4v) is 1.69. The predicted octanol–water partition coefficient (Wildman–Crippen LogP) is 2.61. The molecule has 0 saturated carbocycles. The molecule has 0 fully saturated rings. The summed E-state index contributed by atoms with van der Waals surface area (Å²) < 4.78 is 4.94. The van der Waals surface area contributed by atoms with Gasteiger partial charge in [-0.1, -0.05) is 6.07 Å². The van der Waals surface area contributed by atoms with Crippen LogP contribution in [-0.4, -0.2) is 11.2 Å². The van der Waals surface area contributed by atoms with Crippen LogP contribution in [0.4, 0.5) is 0 Å². The van der Waals surface area contributed by atoms with E-state index in [2.05, 4.69) is 0 Å². The summed E-state index contributed by atoms with van der Waals surface area (Å²) in [7, 11) is 0. The van der Waals surface area contributed by atoms with Gasteiger partial charge in [0.15, 0.2) is 0 Å². The molecule has 4 heteroatoms. The van der Waals surface area contributed by atoms with Crippen LogP contribution in [0.3, 0.4) is 0 Å². The van der Waals surface area contributed by atoms with E-state index in [-0.39, 0.29) is 0 Å². The molecule has 1 aromatic carbocycles. The number of halogens is 1. The standard InChI is InChI=1S/C11H11ClO3/c1-6-4-5-9(15-8(3)13)7(2)10(6)11(12)14/h4-5H,1-3H3. The number of esters is 1. The average Bonchev–Trinajstić information content (AvgIpc) is 2.09. The molecular formula is C11H11ClO3. The van der Waals surface area contributed by atoms with E-state index in [1.807, 2.05) is 0 Å². The maximum absolute atomic E-state index is 11.1. The van der Waals surface area contributed by atoms with Crippen molar-refractivity contribution >= 4 is 22.8 Å². The minimum absolute atomic E-state index is 0.372. The Morgan fingerprint density at radius 1 is 1.27 bits per heavy atom. The fraction of sp³-hybridized carbons (Fsp3) is 0.273. The zero-order valence-electron chi connectivity index (χ0n) is 8.76. The smallest absolute Gasteiger partial charge is 0.308 e. The lowest BCUT2D eigenvalue weighted by molar-refractivity contribution is -0.131. The van der Waals surface area contributed by atoms with E-state index in [4.69, 9.17) is 16.3 Å². The number of rotatable bonds is 2. The van der Waals surface area contributed by atoms with Crippen molar-refractivity contribution in [2.24, 2.45) is 0 Å². The van der Waals surface area contributed by atoms with Crippen LogP contribution >= 0.6 is 11.6 Å². The third-order valence-electron chi connectivity index (χ3n) is 2.07. The van der Waals surface area contributed by atoms with Gasteiger partial charge < -0.3 is 4.74 Å². The van der Waals surface area contributed by atoms with Crippen molar-refractivity contribution in [2.45, 2.75) is 20.8 Å². The average molecular weight is 227 g/mol. The first-order chi connectivity index (χ1) is 6.93. The molecule has 0 heterocycles. The molecule has 0 amide bonds. The molecule has 0 N–H and O–H groups in total. The summed E-state index contributed by atoms with van der Waals surface area (Å²) in [6, 6.07) is 3.34. The van der Waals surface area contributed by atoms with Crippen molar-refractivity contribution in [1.29, 1.82) is 0 Å². The highest BCUT2D eigenvalue weighted by atomic mass is 35.5. The van der Waals surface area contributed by atoms with E-state index in [0.717, 1.165) is 5.56 Å². The number of aryl methyl sites for hydroxylation is 1. The minimum atomic E-state index is -0.543. The SMILES string of the molecule is CC(=O)Oc1ccc(C)c(C(=O)Cl)c1C. The van der Waals surface area contributed by atoms with Crippen molar-refractivity contribution in [3.8, 4) is 5.75 Å². The van der Waals surface area contributed by atoms with E-state index in [1.165, 1.54) is 6.92 Å². The van der Waals surface area contributed by atoms with Gasteiger partial charge in [-0.05, 0) is 37.1 Å². The molecular weight excluding hydrogens is 216 g/mol. The molecule has 3 nitrogen and oxygen atoms in total. The van der Waals surface area contributed by atoms with Gasteiger partial charge in [-0.15, -0.1) is 0 Å². The van der Waals surface area contributed by atoms with Gasteiger partial charge in [-0.25, -0.2) is 0 Å². The van der Waals surface area contributed by atoms with Gasteiger partial charge in [0.1, 0.15) is 5.75 Å². The second-order valence-electron chi connectivity index (χ2n) is 3.25. The second kappa shape index (κ2) is 4.45.